The standard InChI is InChI=1S/C17H22ClN3O2/c1-21-14(8-9-20-21)11-19-10-12-2-7-16(17(12)22)23-15-5-3-13(18)4-6-15/h3-6,8-9,12,16-17,19,22H,2,7,10-11H2,1H3/t12-,16-,17-/m1/s1. The molecule has 2 aromatic rings. The van der Waals surface area contributed by atoms with Crippen molar-refractivity contribution in [3.8, 4) is 5.75 Å². The van der Waals surface area contributed by atoms with E-state index in [-0.39, 0.29) is 12.0 Å². The van der Waals surface area contributed by atoms with Gasteiger partial charge in [0.05, 0.1) is 11.8 Å². The van der Waals surface area contributed by atoms with E-state index >= 15 is 0 Å². The highest BCUT2D eigenvalue weighted by Crippen LogP contribution is 2.30. The highest BCUT2D eigenvalue weighted by molar-refractivity contribution is 6.30. The Balaban J connectivity index is 1.47. The van der Waals surface area contributed by atoms with E-state index in [4.69, 9.17) is 16.3 Å². The van der Waals surface area contributed by atoms with Crippen LogP contribution in [0.1, 0.15) is 18.5 Å². The van der Waals surface area contributed by atoms with E-state index in [1.165, 1.54) is 0 Å². The fraction of sp³-hybridized carbons (Fsp3) is 0.471. The van der Waals surface area contributed by atoms with Gasteiger partial charge in [-0.1, -0.05) is 11.6 Å². The number of aryl methyl sites for hydroxylation is 1. The SMILES string of the molecule is Cn1nccc1CNC[C@H]1CC[C@@H](Oc2ccc(Cl)cc2)[C@@H]1O. The molecule has 1 heterocycles. The summed E-state index contributed by atoms with van der Waals surface area (Å²) in [4.78, 5) is 0. The minimum Gasteiger partial charge on any atom is -0.488 e. The summed E-state index contributed by atoms with van der Waals surface area (Å²) in [6, 6.07) is 9.26. The summed E-state index contributed by atoms with van der Waals surface area (Å²) < 4.78 is 7.75. The summed E-state index contributed by atoms with van der Waals surface area (Å²) in [5.41, 5.74) is 1.13. The molecule has 1 aromatic carbocycles. The normalized spacial score (nSPS) is 24.0. The number of aliphatic hydroxyl groups excluding tert-OH is 1. The summed E-state index contributed by atoms with van der Waals surface area (Å²) in [6.07, 6.45) is 3.00. The molecule has 0 radical (unpaired) electrons. The fourth-order valence-electron chi connectivity index (χ4n) is 3.02. The molecule has 0 bridgehead atoms. The van der Waals surface area contributed by atoms with Crippen molar-refractivity contribution in [3.63, 3.8) is 0 Å². The van der Waals surface area contributed by atoms with Gasteiger partial charge in [-0.3, -0.25) is 4.68 Å². The number of benzene rings is 1. The molecule has 0 amide bonds. The molecule has 0 spiro atoms. The Hall–Kier alpha value is -1.56. The first-order chi connectivity index (χ1) is 11.1. The van der Waals surface area contributed by atoms with Crippen LogP contribution < -0.4 is 10.1 Å². The maximum absolute atomic E-state index is 10.5. The van der Waals surface area contributed by atoms with Gasteiger partial charge in [-0.05, 0) is 43.2 Å². The van der Waals surface area contributed by atoms with Crippen LogP contribution in [0.4, 0.5) is 0 Å². The van der Waals surface area contributed by atoms with Gasteiger partial charge in [0.25, 0.3) is 0 Å². The predicted octanol–water partition coefficient (Wildman–Crippen LogP) is 2.38. The minimum absolute atomic E-state index is 0.153. The number of nitrogens with zero attached hydrogens (tertiary/aromatic N) is 2. The van der Waals surface area contributed by atoms with E-state index in [2.05, 4.69) is 10.4 Å². The Labute approximate surface area is 141 Å². The molecule has 124 valence electrons. The highest BCUT2D eigenvalue weighted by atomic mass is 35.5. The number of hydrogen-bond donors (Lipinski definition) is 2. The van der Waals surface area contributed by atoms with Crippen molar-refractivity contribution in [3.05, 3.63) is 47.2 Å². The molecule has 0 aliphatic heterocycles. The summed E-state index contributed by atoms with van der Waals surface area (Å²) in [5, 5.41) is 18.7. The molecular weight excluding hydrogens is 314 g/mol. The molecule has 5 nitrogen and oxygen atoms in total. The van der Waals surface area contributed by atoms with Gasteiger partial charge in [-0.15, -0.1) is 0 Å². The van der Waals surface area contributed by atoms with Crippen molar-refractivity contribution < 1.29 is 9.84 Å². The lowest BCUT2D eigenvalue weighted by Crippen LogP contribution is -2.35. The Morgan fingerprint density at radius 1 is 1.30 bits per heavy atom. The van der Waals surface area contributed by atoms with Crippen LogP contribution in [0.25, 0.3) is 0 Å². The third kappa shape index (κ3) is 4.05. The Kier molecular flexibility index (Phi) is 5.20. The van der Waals surface area contributed by atoms with Gasteiger partial charge in [-0.2, -0.15) is 5.10 Å². The highest BCUT2D eigenvalue weighted by Gasteiger charge is 2.35. The summed E-state index contributed by atoms with van der Waals surface area (Å²) >= 11 is 5.87. The Bertz CT molecular complexity index is 629. The third-order valence-corrected chi connectivity index (χ3v) is 4.67. The summed E-state index contributed by atoms with van der Waals surface area (Å²) in [5.74, 6) is 0.961. The van der Waals surface area contributed by atoms with Gasteiger partial charge < -0.3 is 15.2 Å². The van der Waals surface area contributed by atoms with Crippen molar-refractivity contribution in [2.45, 2.75) is 31.6 Å². The zero-order chi connectivity index (χ0) is 16.2. The van der Waals surface area contributed by atoms with Gasteiger partial charge in [-0.25, -0.2) is 0 Å². The third-order valence-electron chi connectivity index (χ3n) is 4.42. The average Bonchev–Trinajstić information content (AvgIpc) is 3.10. The largest absolute Gasteiger partial charge is 0.488 e. The van der Waals surface area contributed by atoms with Gasteiger partial charge >= 0.3 is 0 Å². The Morgan fingerprint density at radius 2 is 2.09 bits per heavy atom. The number of rotatable bonds is 6. The van der Waals surface area contributed by atoms with Crippen LogP contribution in [-0.2, 0) is 13.6 Å². The Morgan fingerprint density at radius 3 is 2.78 bits per heavy atom. The average molecular weight is 336 g/mol. The number of aromatic nitrogens is 2. The molecule has 1 aliphatic carbocycles. The molecule has 0 unspecified atom stereocenters. The smallest absolute Gasteiger partial charge is 0.125 e. The van der Waals surface area contributed by atoms with Crippen molar-refractivity contribution in [2.75, 3.05) is 6.54 Å². The van der Waals surface area contributed by atoms with Crippen molar-refractivity contribution >= 4 is 11.6 Å². The molecule has 3 atom stereocenters. The van der Waals surface area contributed by atoms with Crippen LogP contribution >= 0.6 is 11.6 Å². The molecule has 1 fully saturated rings. The van der Waals surface area contributed by atoms with Crippen molar-refractivity contribution in [1.29, 1.82) is 0 Å². The molecule has 0 saturated heterocycles. The number of ether oxygens (including phenoxy) is 1. The molecule has 1 saturated carbocycles. The molecule has 23 heavy (non-hydrogen) atoms. The molecule has 3 rings (SSSR count). The topological polar surface area (TPSA) is 59.3 Å². The first-order valence-corrected chi connectivity index (χ1v) is 8.29. The molecule has 1 aromatic heterocycles. The lowest BCUT2D eigenvalue weighted by Gasteiger charge is -2.21. The van der Waals surface area contributed by atoms with Crippen LogP contribution in [0.3, 0.4) is 0 Å². The summed E-state index contributed by atoms with van der Waals surface area (Å²) in [6.45, 7) is 1.52. The second-order valence-electron chi connectivity index (χ2n) is 6.02. The van der Waals surface area contributed by atoms with E-state index in [0.717, 1.165) is 37.4 Å². The van der Waals surface area contributed by atoms with E-state index in [0.29, 0.717) is 5.02 Å². The maximum atomic E-state index is 10.5. The number of halogens is 1. The second-order valence-corrected chi connectivity index (χ2v) is 6.45. The van der Waals surface area contributed by atoms with Gasteiger partial charge in [0, 0.05) is 37.3 Å². The first kappa shape index (κ1) is 16.3. The molecule has 1 aliphatic rings. The van der Waals surface area contributed by atoms with E-state index in [9.17, 15) is 5.11 Å². The minimum atomic E-state index is -0.454. The predicted molar refractivity (Wildman–Crippen MR) is 89.5 cm³/mol. The lowest BCUT2D eigenvalue weighted by atomic mass is 10.1. The van der Waals surface area contributed by atoms with Crippen molar-refractivity contribution in [2.24, 2.45) is 13.0 Å². The van der Waals surface area contributed by atoms with Crippen LogP contribution in [0.2, 0.25) is 5.02 Å². The van der Waals surface area contributed by atoms with Gasteiger partial charge in [0.15, 0.2) is 0 Å². The van der Waals surface area contributed by atoms with Crippen LogP contribution in [0.5, 0.6) is 5.75 Å². The number of nitrogens with one attached hydrogen (secondary N) is 1. The fourth-order valence-corrected chi connectivity index (χ4v) is 3.15. The number of aliphatic hydroxyl groups is 1. The van der Waals surface area contributed by atoms with Crippen molar-refractivity contribution in [1.82, 2.24) is 15.1 Å². The quantitative estimate of drug-likeness (QED) is 0.851. The first-order valence-electron chi connectivity index (χ1n) is 7.91. The maximum Gasteiger partial charge on any atom is 0.125 e. The zero-order valence-corrected chi connectivity index (χ0v) is 13.9. The van der Waals surface area contributed by atoms with E-state index in [1.54, 1.807) is 18.3 Å². The van der Waals surface area contributed by atoms with Gasteiger partial charge in [0.1, 0.15) is 11.9 Å². The van der Waals surface area contributed by atoms with Crippen LogP contribution in [0, 0.1) is 5.92 Å². The van der Waals surface area contributed by atoms with Crippen LogP contribution in [-0.4, -0.2) is 33.6 Å². The second kappa shape index (κ2) is 7.34. The lowest BCUT2D eigenvalue weighted by molar-refractivity contribution is 0.0349. The zero-order valence-electron chi connectivity index (χ0n) is 13.2. The molecular formula is C17H22ClN3O2. The van der Waals surface area contributed by atoms with Crippen LogP contribution in [0.15, 0.2) is 36.5 Å². The molecule has 6 heteroatoms. The van der Waals surface area contributed by atoms with E-state index < -0.39 is 6.10 Å². The van der Waals surface area contributed by atoms with E-state index in [1.807, 2.05) is 29.9 Å². The molecule has 2 N–H and O–H groups in total. The summed E-state index contributed by atoms with van der Waals surface area (Å²) in [7, 11) is 1.93. The number of hydrogen-bond acceptors (Lipinski definition) is 4. The van der Waals surface area contributed by atoms with Gasteiger partial charge in [0.2, 0.25) is 0 Å². The monoisotopic (exact) mass is 335 g/mol.